The monoisotopic (exact) mass is 437 g/mol. The maximum atomic E-state index is 6.19. The van der Waals surface area contributed by atoms with E-state index in [1.54, 1.807) is 0 Å². The van der Waals surface area contributed by atoms with Crippen molar-refractivity contribution in [2.24, 2.45) is 0 Å². The van der Waals surface area contributed by atoms with E-state index in [0.717, 1.165) is 49.4 Å². The van der Waals surface area contributed by atoms with Crippen molar-refractivity contribution in [2.45, 2.75) is 58.2 Å². The Labute approximate surface area is 186 Å². The van der Waals surface area contributed by atoms with Gasteiger partial charge in [-0.25, -0.2) is 4.98 Å². The van der Waals surface area contributed by atoms with E-state index in [9.17, 15) is 0 Å². The third-order valence-corrected chi connectivity index (χ3v) is 7.70. The topological polar surface area (TPSA) is 48.3 Å². The van der Waals surface area contributed by atoms with E-state index in [0.29, 0.717) is 12.8 Å². The van der Waals surface area contributed by atoms with E-state index in [1.165, 1.54) is 22.9 Å². The lowest BCUT2D eigenvalue weighted by Gasteiger charge is -2.23. The Bertz CT molecular complexity index is 1020. The number of hydrogen-bond donors (Lipinski definition) is 1. The molecule has 2 aromatic heterocycles. The molecule has 1 N–H and O–H groups in total. The molecule has 1 aromatic carbocycles. The number of hydrogen-bond acceptors (Lipinski definition) is 4. The molecule has 1 aliphatic heterocycles. The van der Waals surface area contributed by atoms with Crippen LogP contribution in [0.4, 0.5) is 5.82 Å². The molecule has 0 radical (unpaired) electrons. The molecule has 0 unspecified atom stereocenters. The Morgan fingerprint density at radius 3 is 2.68 bits per heavy atom. The van der Waals surface area contributed by atoms with E-state index < -0.39 is 8.07 Å². The first-order chi connectivity index (χ1) is 14.9. The first kappa shape index (κ1) is 22.1. The summed E-state index contributed by atoms with van der Waals surface area (Å²) in [6.07, 6.45) is 4.03. The number of nitrogens with one attached hydrogen (secondary N) is 1. The highest BCUT2D eigenvalue weighted by atomic mass is 28.3. The highest BCUT2D eigenvalue weighted by Crippen LogP contribution is 2.31. The van der Waals surface area contributed by atoms with Crippen LogP contribution in [0.5, 0.6) is 0 Å². The molecule has 31 heavy (non-hydrogen) atoms. The van der Waals surface area contributed by atoms with E-state index in [1.807, 2.05) is 6.20 Å². The Morgan fingerprint density at radius 1 is 1.16 bits per heavy atom. The molecule has 0 bridgehead atoms. The Hall–Kier alpha value is -2.15. The number of nitrogens with zero attached hydrogens (tertiary/aromatic N) is 2. The van der Waals surface area contributed by atoms with Gasteiger partial charge in [0.05, 0.1) is 11.2 Å². The molecule has 0 spiro atoms. The molecular formula is C25H35N3O2Si. The van der Waals surface area contributed by atoms with Crippen LogP contribution in [-0.2, 0) is 16.2 Å². The average Bonchev–Trinajstić information content (AvgIpc) is 3.09. The van der Waals surface area contributed by atoms with Gasteiger partial charge in [-0.1, -0.05) is 43.9 Å². The minimum Gasteiger partial charge on any atom is -0.381 e. The summed E-state index contributed by atoms with van der Waals surface area (Å²) >= 11 is 0. The highest BCUT2D eigenvalue weighted by molar-refractivity contribution is 6.76. The van der Waals surface area contributed by atoms with Crippen LogP contribution < -0.4 is 5.32 Å². The molecule has 0 aliphatic carbocycles. The zero-order chi connectivity index (χ0) is 21.8. The minimum absolute atomic E-state index is 0.422. The molecule has 0 saturated carbocycles. The molecule has 3 aromatic rings. The quantitative estimate of drug-likeness (QED) is 0.351. The summed E-state index contributed by atoms with van der Waals surface area (Å²) in [6.45, 7) is 12.3. The van der Waals surface area contributed by atoms with Gasteiger partial charge in [-0.2, -0.15) is 0 Å². The van der Waals surface area contributed by atoms with Crippen LogP contribution in [0.15, 0.2) is 42.6 Å². The second kappa shape index (κ2) is 9.55. The van der Waals surface area contributed by atoms with Gasteiger partial charge in [0.15, 0.2) is 0 Å². The van der Waals surface area contributed by atoms with Crippen molar-refractivity contribution in [3.8, 4) is 11.3 Å². The van der Waals surface area contributed by atoms with Crippen LogP contribution in [0, 0.1) is 6.92 Å². The van der Waals surface area contributed by atoms with Gasteiger partial charge in [0.2, 0.25) is 0 Å². The number of benzene rings is 1. The fourth-order valence-electron chi connectivity index (χ4n) is 4.04. The SMILES string of the molecule is Cc1ccccc1-c1cc2cnc(NC3CCOCC3)cc2n1COCC[Si](C)(C)C. The smallest absolute Gasteiger partial charge is 0.128 e. The second-order valence-corrected chi connectivity index (χ2v) is 15.4. The Balaban J connectivity index is 1.65. The van der Waals surface area contributed by atoms with Crippen molar-refractivity contribution in [3.63, 3.8) is 0 Å². The predicted octanol–water partition coefficient (Wildman–Crippen LogP) is 5.91. The fraction of sp³-hybridized carbons (Fsp3) is 0.480. The van der Waals surface area contributed by atoms with Gasteiger partial charge in [-0.05, 0) is 37.4 Å². The maximum Gasteiger partial charge on any atom is 0.128 e. The fourth-order valence-corrected chi connectivity index (χ4v) is 4.80. The molecule has 1 aliphatic rings. The molecule has 0 atom stereocenters. The van der Waals surface area contributed by atoms with Gasteiger partial charge in [0.25, 0.3) is 0 Å². The van der Waals surface area contributed by atoms with Gasteiger partial charge in [0.1, 0.15) is 12.5 Å². The standard InChI is InChI=1S/C25H35N3O2Si/c1-19-7-5-6-8-22(19)24-15-20-17-26-25(27-21-9-11-29-12-10-21)16-23(20)28(24)18-30-13-14-31(2,3)4/h5-8,15-17,21H,9-14,18H2,1-4H3,(H,26,27). The average molecular weight is 438 g/mol. The summed E-state index contributed by atoms with van der Waals surface area (Å²) < 4.78 is 14.0. The van der Waals surface area contributed by atoms with Gasteiger partial charge >= 0.3 is 0 Å². The van der Waals surface area contributed by atoms with E-state index >= 15 is 0 Å². The van der Waals surface area contributed by atoms with E-state index in [-0.39, 0.29) is 0 Å². The Morgan fingerprint density at radius 2 is 1.94 bits per heavy atom. The Kier molecular flexibility index (Phi) is 6.79. The van der Waals surface area contributed by atoms with Crippen LogP contribution in [0.2, 0.25) is 25.7 Å². The van der Waals surface area contributed by atoms with Crippen molar-refractivity contribution < 1.29 is 9.47 Å². The zero-order valence-corrected chi connectivity index (χ0v) is 20.3. The van der Waals surface area contributed by atoms with Gasteiger partial charge in [-0.15, -0.1) is 0 Å². The predicted molar refractivity (Wildman–Crippen MR) is 131 cm³/mol. The summed E-state index contributed by atoms with van der Waals surface area (Å²) in [7, 11) is -1.12. The largest absolute Gasteiger partial charge is 0.381 e. The molecule has 5 nitrogen and oxygen atoms in total. The second-order valence-electron chi connectivity index (χ2n) is 9.78. The molecule has 6 heteroatoms. The van der Waals surface area contributed by atoms with Crippen LogP contribution in [0.25, 0.3) is 22.2 Å². The van der Waals surface area contributed by atoms with Gasteiger partial charge < -0.3 is 19.4 Å². The number of ether oxygens (including phenoxy) is 2. The number of aromatic nitrogens is 2. The number of rotatable bonds is 8. The van der Waals surface area contributed by atoms with E-state index in [4.69, 9.17) is 14.5 Å². The first-order valence-corrected chi connectivity index (χ1v) is 15.1. The lowest BCUT2D eigenvalue weighted by atomic mass is 10.1. The van der Waals surface area contributed by atoms with Crippen molar-refractivity contribution in [1.29, 1.82) is 0 Å². The lowest BCUT2D eigenvalue weighted by molar-refractivity contribution is 0.0903. The molecular weight excluding hydrogens is 402 g/mol. The number of pyridine rings is 1. The summed E-state index contributed by atoms with van der Waals surface area (Å²) in [5.41, 5.74) is 4.86. The van der Waals surface area contributed by atoms with Crippen molar-refractivity contribution in [3.05, 3.63) is 48.2 Å². The van der Waals surface area contributed by atoms with Crippen molar-refractivity contribution >= 4 is 24.8 Å². The summed E-state index contributed by atoms with van der Waals surface area (Å²) in [5, 5.41) is 4.75. The normalized spacial score (nSPS) is 15.5. The van der Waals surface area contributed by atoms with Crippen LogP contribution >= 0.6 is 0 Å². The zero-order valence-electron chi connectivity index (χ0n) is 19.3. The van der Waals surface area contributed by atoms with E-state index in [2.05, 4.69) is 72.8 Å². The van der Waals surface area contributed by atoms with Crippen LogP contribution in [0.1, 0.15) is 18.4 Å². The van der Waals surface area contributed by atoms with Gasteiger partial charge in [-0.3, -0.25) is 0 Å². The lowest BCUT2D eigenvalue weighted by Crippen LogP contribution is -2.28. The van der Waals surface area contributed by atoms with Crippen LogP contribution in [0.3, 0.4) is 0 Å². The molecule has 1 saturated heterocycles. The summed E-state index contributed by atoms with van der Waals surface area (Å²) in [4.78, 5) is 4.70. The summed E-state index contributed by atoms with van der Waals surface area (Å²) in [6, 6.07) is 14.6. The maximum absolute atomic E-state index is 6.19. The van der Waals surface area contributed by atoms with Crippen LogP contribution in [-0.4, -0.2) is 43.5 Å². The summed E-state index contributed by atoms with van der Waals surface area (Å²) in [5.74, 6) is 0.928. The number of fused-ring (bicyclic) bond motifs is 1. The molecule has 3 heterocycles. The van der Waals surface area contributed by atoms with Crippen molar-refractivity contribution in [1.82, 2.24) is 9.55 Å². The van der Waals surface area contributed by atoms with Crippen molar-refractivity contribution in [2.75, 3.05) is 25.1 Å². The first-order valence-electron chi connectivity index (χ1n) is 11.4. The molecule has 0 amide bonds. The number of aryl methyl sites for hydroxylation is 1. The van der Waals surface area contributed by atoms with Gasteiger partial charge in [0, 0.05) is 57.1 Å². The number of anilines is 1. The molecule has 166 valence electrons. The highest BCUT2D eigenvalue weighted by Gasteiger charge is 2.17. The third kappa shape index (κ3) is 5.56. The third-order valence-electron chi connectivity index (χ3n) is 6.00. The molecule has 1 fully saturated rings. The molecule has 4 rings (SSSR count). The minimum atomic E-state index is -1.12.